The van der Waals surface area contributed by atoms with Crippen LogP contribution in [-0.4, -0.2) is 58.4 Å². The molecule has 0 unspecified atom stereocenters. The van der Waals surface area contributed by atoms with E-state index >= 15 is 0 Å². The van der Waals surface area contributed by atoms with Crippen LogP contribution < -0.4 is 10.6 Å². The van der Waals surface area contributed by atoms with Gasteiger partial charge in [-0.3, -0.25) is 14.4 Å². The van der Waals surface area contributed by atoms with E-state index in [1.165, 1.54) is 11.8 Å². The summed E-state index contributed by atoms with van der Waals surface area (Å²) in [6.07, 6.45) is 1.24. The van der Waals surface area contributed by atoms with Gasteiger partial charge in [-0.05, 0) is 37.5 Å². The normalized spacial score (nSPS) is 17.3. The second-order valence-electron chi connectivity index (χ2n) is 7.84. The van der Waals surface area contributed by atoms with Crippen LogP contribution in [0.15, 0.2) is 60.7 Å². The summed E-state index contributed by atoms with van der Waals surface area (Å²) in [5, 5.41) is 14.7. The van der Waals surface area contributed by atoms with Crippen molar-refractivity contribution in [1.29, 1.82) is 0 Å². The van der Waals surface area contributed by atoms with E-state index in [-0.39, 0.29) is 6.42 Å². The Morgan fingerprint density at radius 1 is 1.00 bits per heavy atom. The Balaban J connectivity index is 1.71. The number of nitrogens with zero attached hydrogens (tertiary/aromatic N) is 1. The lowest BCUT2D eigenvalue weighted by molar-refractivity contribution is -0.149. The lowest BCUT2D eigenvalue weighted by Gasteiger charge is -2.27. The van der Waals surface area contributed by atoms with Gasteiger partial charge in [0.15, 0.2) is 0 Å². The minimum atomic E-state index is -1.05. The Morgan fingerprint density at radius 3 is 2.25 bits per heavy atom. The van der Waals surface area contributed by atoms with Gasteiger partial charge in [-0.2, -0.15) is 0 Å². The highest BCUT2D eigenvalue weighted by Gasteiger charge is 2.36. The van der Waals surface area contributed by atoms with Crippen LogP contribution in [0.5, 0.6) is 0 Å². The van der Waals surface area contributed by atoms with E-state index in [0.29, 0.717) is 24.9 Å². The smallest absolute Gasteiger partial charge is 0.326 e. The summed E-state index contributed by atoms with van der Waals surface area (Å²) in [6.45, 7) is 1.87. The van der Waals surface area contributed by atoms with Crippen LogP contribution in [0, 0.1) is 0 Å². The minimum absolute atomic E-state index is 0.244. The van der Waals surface area contributed by atoms with Crippen molar-refractivity contribution in [2.45, 2.75) is 44.3 Å². The minimum Gasteiger partial charge on any atom is -0.480 e. The fraction of sp³-hybridized carbons (Fsp3) is 0.333. The number of carbonyl (C=O) groups excluding carboxylic acids is 3. The van der Waals surface area contributed by atoms with Crippen molar-refractivity contribution in [2.75, 3.05) is 6.54 Å². The first-order valence-electron chi connectivity index (χ1n) is 10.6. The number of hydrogen-bond acceptors (Lipinski definition) is 4. The van der Waals surface area contributed by atoms with Crippen LogP contribution in [-0.2, 0) is 20.8 Å². The quantitative estimate of drug-likeness (QED) is 0.580. The van der Waals surface area contributed by atoms with E-state index in [0.717, 1.165) is 5.56 Å². The average molecular weight is 437 g/mol. The molecule has 0 radical (unpaired) electrons. The van der Waals surface area contributed by atoms with Crippen LogP contribution >= 0.6 is 0 Å². The lowest BCUT2D eigenvalue weighted by Crippen LogP contribution is -2.55. The maximum absolute atomic E-state index is 13.0. The van der Waals surface area contributed by atoms with Crippen molar-refractivity contribution in [1.82, 2.24) is 15.5 Å². The standard InChI is InChI=1S/C24H27N3O5/c1-16(23(30)27-14-8-13-20(27)24(31)32)25-22(29)19(15-17-9-4-2-5-10-17)26-21(28)18-11-6-3-7-12-18/h2-7,9-12,16,19-20H,8,13-15H2,1H3,(H,25,29)(H,26,28)(H,31,32)/t16-,19+,20+/m1/s1. The van der Waals surface area contributed by atoms with E-state index in [4.69, 9.17) is 0 Å². The van der Waals surface area contributed by atoms with Crippen molar-refractivity contribution in [2.24, 2.45) is 0 Å². The summed E-state index contributed by atoms with van der Waals surface area (Å²) in [4.78, 5) is 51.2. The summed E-state index contributed by atoms with van der Waals surface area (Å²) in [5.41, 5.74) is 1.27. The molecule has 3 atom stereocenters. The Hall–Kier alpha value is -3.68. The summed E-state index contributed by atoms with van der Waals surface area (Å²) >= 11 is 0. The predicted octanol–water partition coefficient (Wildman–Crippen LogP) is 1.61. The average Bonchev–Trinajstić information content (AvgIpc) is 3.29. The van der Waals surface area contributed by atoms with Crippen molar-refractivity contribution in [3.63, 3.8) is 0 Å². The number of carboxylic acid groups (broad SMARTS) is 1. The van der Waals surface area contributed by atoms with Gasteiger partial charge >= 0.3 is 5.97 Å². The largest absolute Gasteiger partial charge is 0.480 e. The monoisotopic (exact) mass is 437 g/mol. The summed E-state index contributed by atoms with van der Waals surface area (Å²) < 4.78 is 0. The number of carbonyl (C=O) groups is 4. The van der Waals surface area contributed by atoms with Crippen molar-refractivity contribution < 1.29 is 24.3 Å². The van der Waals surface area contributed by atoms with E-state index in [9.17, 15) is 24.3 Å². The maximum atomic E-state index is 13.0. The van der Waals surface area contributed by atoms with Crippen LogP contribution in [0.25, 0.3) is 0 Å². The van der Waals surface area contributed by atoms with Crippen LogP contribution in [0.3, 0.4) is 0 Å². The molecule has 0 bridgehead atoms. The molecule has 168 valence electrons. The molecule has 0 aromatic heterocycles. The number of aliphatic carboxylic acids is 1. The van der Waals surface area contributed by atoms with E-state index < -0.39 is 41.8 Å². The molecule has 1 fully saturated rings. The van der Waals surface area contributed by atoms with Gasteiger partial charge in [0.05, 0.1) is 0 Å². The Bertz CT molecular complexity index is 964. The Kier molecular flexibility index (Phi) is 7.59. The molecule has 8 nitrogen and oxygen atoms in total. The van der Waals surface area contributed by atoms with E-state index in [1.807, 2.05) is 30.3 Å². The van der Waals surface area contributed by atoms with Crippen molar-refractivity contribution in [3.05, 3.63) is 71.8 Å². The number of hydrogen-bond donors (Lipinski definition) is 3. The van der Waals surface area contributed by atoms with Gasteiger partial charge < -0.3 is 20.6 Å². The summed E-state index contributed by atoms with van der Waals surface area (Å²) in [7, 11) is 0. The third-order valence-corrected chi connectivity index (χ3v) is 5.49. The highest BCUT2D eigenvalue weighted by molar-refractivity contribution is 5.98. The van der Waals surface area contributed by atoms with E-state index in [1.54, 1.807) is 30.3 Å². The van der Waals surface area contributed by atoms with Gasteiger partial charge in [0.25, 0.3) is 5.91 Å². The third kappa shape index (κ3) is 5.72. The molecular formula is C24H27N3O5. The number of likely N-dealkylation sites (tertiary alicyclic amines) is 1. The molecule has 2 aromatic carbocycles. The molecule has 0 spiro atoms. The number of amides is 3. The first-order valence-corrected chi connectivity index (χ1v) is 10.6. The fourth-order valence-electron chi connectivity index (χ4n) is 3.80. The van der Waals surface area contributed by atoms with Crippen molar-refractivity contribution >= 4 is 23.7 Å². The molecule has 1 heterocycles. The first kappa shape index (κ1) is 23.0. The van der Waals surface area contributed by atoms with Gasteiger partial charge in [0.1, 0.15) is 18.1 Å². The number of carboxylic acids is 1. The highest BCUT2D eigenvalue weighted by Crippen LogP contribution is 2.18. The van der Waals surface area contributed by atoms with Gasteiger partial charge in [-0.1, -0.05) is 48.5 Å². The molecule has 1 aliphatic rings. The van der Waals surface area contributed by atoms with E-state index in [2.05, 4.69) is 10.6 Å². The Morgan fingerprint density at radius 2 is 1.62 bits per heavy atom. The molecule has 3 N–H and O–H groups in total. The molecule has 3 amide bonds. The SMILES string of the molecule is C[C@@H](NC(=O)[C@H](Cc1ccccc1)NC(=O)c1ccccc1)C(=O)N1CCC[C@H]1C(=O)O. The molecule has 3 rings (SSSR count). The highest BCUT2D eigenvalue weighted by atomic mass is 16.4. The van der Waals surface area contributed by atoms with Crippen molar-refractivity contribution in [3.8, 4) is 0 Å². The van der Waals surface area contributed by atoms with Crippen LogP contribution in [0.1, 0.15) is 35.7 Å². The second kappa shape index (κ2) is 10.6. The predicted molar refractivity (Wildman–Crippen MR) is 118 cm³/mol. The fourth-order valence-corrected chi connectivity index (χ4v) is 3.80. The van der Waals surface area contributed by atoms with Crippen LogP contribution in [0.2, 0.25) is 0 Å². The lowest BCUT2D eigenvalue weighted by atomic mass is 10.0. The van der Waals surface area contributed by atoms with Crippen LogP contribution in [0.4, 0.5) is 0 Å². The topological polar surface area (TPSA) is 116 Å². The third-order valence-electron chi connectivity index (χ3n) is 5.49. The van der Waals surface area contributed by atoms with Gasteiger partial charge in [0.2, 0.25) is 11.8 Å². The van der Waals surface area contributed by atoms with Gasteiger partial charge in [-0.25, -0.2) is 4.79 Å². The summed E-state index contributed by atoms with van der Waals surface area (Å²) in [6, 6.07) is 15.1. The molecule has 2 aromatic rings. The number of nitrogens with one attached hydrogen (secondary N) is 2. The second-order valence-corrected chi connectivity index (χ2v) is 7.84. The molecule has 0 saturated carbocycles. The number of rotatable bonds is 8. The first-order chi connectivity index (χ1) is 15.4. The zero-order valence-electron chi connectivity index (χ0n) is 17.9. The van der Waals surface area contributed by atoms with Gasteiger partial charge in [0, 0.05) is 18.5 Å². The maximum Gasteiger partial charge on any atom is 0.326 e. The molecule has 1 saturated heterocycles. The zero-order valence-corrected chi connectivity index (χ0v) is 17.9. The molecule has 32 heavy (non-hydrogen) atoms. The molecule has 1 aliphatic heterocycles. The zero-order chi connectivity index (χ0) is 23.1. The van der Waals surface area contributed by atoms with Gasteiger partial charge in [-0.15, -0.1) is 0 Å². The molecule has 0 aliphatic carbocycles. The summed E-state index contributed by atoms with van der Waals surface area (Å²) in [5.74, 6) is -2.40. The molecular weight excluding hydrogens is 410 g/mol. The number of benzene rings is 2. The molecule has 8 heteroatoms. The Labute approximate surface area is 186 Å².